The SMILES string of the molecule is CCNC(=O)[C@H](CC)N(Cc1ccccc1)C(=O)CN(c1ccccc1CC)S(=O)(=O)c1ccccc1. The smallest absolute Gasteiger partial charge is 0.264 e. The summed E-state index contributed by atoms with van der Waals surface area (Å²) in [5.74, 6) is -0.715. The highest BCUT2D eigenvalue weighted by atomic mass is 32.2. The quantitative estimate of drug-likeness (QED) is 0.383. The van der Waals surface area contributed by atoms with Crippen LogP contribution in [0.15, 0.2) is 89.8 Å². The van der Waals surface area contributed by atoms with Gasteiger partial charge in [0.25, 0.3) is 10.0 Å². The lowest BCUT2D eigenvalue weighted by Crippen LogP contribution is -2.52. The van der Waals surface area contributed by atoms with E-state index in [1.807, 2.05) is 63.2 Å². The van der Waals surface area contributed by atoms with Crippen LogP contribution in [0.2, 0.25) is 0 Å². The number of benzene rings is 3. The fraction of sp³-hybridized carbons (Fsp3) is 0.310. The molecule has 0 heterocycles. The molecule has 3 aromatic rings. The minimum Gasteiger partial charge on any atom is -0.355 e. The van der Waals surface area contributed by atoms with Crippen molar-refractivity contribution in [1.82, 2.24) is 10.2 Å². The first-order valence-corrected chi connectivity index (χ1v) is 14.0. The van der Waals surface area contributed by atoms with Crippen LogP contribution in [-0.4, -0.2) is 44.3 Å². The van der Waals surface area contributed by atoms with E-state index in [4.69, 9.17) is 0 Å². The molecule has 1 N–H and O–H groups in total. The Balaban J connectivity index is 2.07. The Morgan fingerprint density at radius 1 is 0.838 bits per heavy atom. The second-order valence-corrected chi connectivity index (χ2v) is 10.5. The number of sulfonamides is 1. The van der Waals surface area contributed by atoms with Crippen molar-refractivity contribution in [3.8, 4) is 0 Å². The molecule has 0 radical (unpaired) electrons. The van der Waals surface area contributed by atoms with Crippen molar-refractivity contribution >= 4 is 27.5 Å². The first kappa shape index (κ1) is 27.9. The highest BCUT2D eigenvalue weighted by Gasteiger charge is 2.34. The molecular formula is C29H35N3O4S. The van der Waals surface area contributed by atoms with E-state index in [9.17, 15) is 18.0 Å². The van der Waals surface area contributed by atoms with E-state index in [-0.39, 0.29) is 17.3 Å². The summed E-state index contributed by atoms with van der Waals surface area (Å²) < 4.78 is 28.9. The number of amides is 2. The maximum absolute atomic E-state index is 14.0. The van der Waals surface area contributed by atoms with Crippen LogP contribution < -0.4 is 9.62 Å². The average molecular weight is 522 g/mol. The molecular weight excluding hydrogens is 486 g/mol. The Bertz CT molecular complexity index is 1280. The molecule has 0 bridgehead atoms. The van der Waals surface area contributed by atoms with Gasteiger partial charge in [0.15, 0.2) is 0 Å². The number of anilines is 1. The first-order valence-electron chi connectivity index (χ1n) is 12.6. The summed E-state index contributed by atoms with van der Waals surface area (Å²) in [5.41, 5.74) is 2.11. The number of hydrogen-bond donors (Lipinski definition) is 1. The maximum atomic E-state index is 14.0. The molecule has 7 nitrogen and oxygen atoms in total. The standard InChI is InChI=1S/C29H35N3O4S/c1-4-24-17-13-14-20-27(24)32(37(35,36)25-18-11-8-12-19-25)22-28(33)31(21-23-15-9-7-10-16-23)26(5-2)29(34)30-6-3/h7-20,26H,4-6,21-22H2,1-3H3,(H,30,34)/t26-/m0/s1. The van der Waals surface area contributed by atoms with Gasteiger partial charge in [-0.1, -0.05) is 80.6 Å². The lowest BCUT2D eigenvalue weighted by molar-refractivity contribution is -0.140. The van der Waals surface area contributed by atoms with Crippen LogP contribution in [0, 0.1) is 0 Å². The molecule has 3 rings (SSSR count). The minimum absolute atomic E-state index is 0.0964. The van der Waals surface area contributed by atoms with Gasteiger partial charge in [-0.25, -0.2) is 8.42 Å². The van der Waals surface area contributed by atoms with Crippen molar-refractivity contribution in [3.63, 3.8) is 0 Å². The number of nitrogens with zero attached hydrogens (tertiary/aromatic N) is 2. The zero-order valence-electron chi connectivity index (χ0n) is 21.6. The van der Waals surface area contributed by atoms with Crippen molar-refractivity contribution in [3.05, 3.63) is 96.1 Å². The zero-order valence-corrected chi connectivity index (χ0v) is 22.4. The molecule has 0 fully saturated rings. The molecule has 37 heavy (non-hydrogen) atoms. The van der Waals surface area contributed by atoms with Gasteiger partial charge in [-0.2, -0.15) is 0 Å². The molecule has 3 aromatic carbocycles. The molecule has 0 spiro atoms. The summed E-state index contributed by atoms with van der Waals surface area (Å²) in [6, 6.07) is 23.9. The van der Waals surface area contributed by atoms with Gasteiger partial charge in [0.05, 0.1) is 10.6 Å². The van der Waals surface area contributed by atoms with Crippen LogP contribution in [0.3, 0.4) is 0 Å². The molecule has 0 saturated heterocycles. The average Bonchev–Trinajstić information content (AvgIpc) is 2.92. The summed E-state index contributed by atoms with van der Waals surface area (Å²) >= 11 is 0. The largest absolute Gasteiger partial charge is 0.355 e. The van der Waals surface area contributed by atoms with E-state index < -0.39 is 28.5 Å². The van der Waals surface area contributed by atoms with Gasteiger partial charge >= 0.3 is 0 Å². The summed E-state index contributed by atoms with van der Waals surface area (Å²) in [6.45, 7) is 5.79. The number of aryl methyl sites for hydroxylation is 1. The van der Waals surface area contributed by atoms with Gasteiger partial charge in [0, 0.05) is 13.1 Å². The second-order valence-electron chi connectivity index (χ2n) is 8.63. The minimum atomic E-state index is -4.07. The number of para-hydroxylation sites is 1. The normalized spacial score (nSPS) is 12.0. The van der Waals surface area contributed by atoms with Crippen LogP contribution in [0.1, 0.15) is 38.3 Å². The Kier molecular flexibility index (Phi) is 9.85. The van der Waals surface area contributed by atoms with Crippen molar-refractivity contribution in [2.45, 2.75) is 51.1 Å². The fourth-order valence-electron chi connectivity index (χ4n) is 4.28. The summed E-state index contributed by atoms with van der Waals surface area (Å²) in [7, 11) is -4.07. The lowest BCUT2D eigenvalue weighted by Gasteiger charge is -2.33. The summed E-state index contributed by atoms with van der Waals surface area (Å²) in [6.07, 6.45) is 0.983. The van der Waals surface area contributed by atoms with Crippen molar-refractivity contribution in [2.75, 3.05) is 17.4 Å². The Morgan fingerprint density at radius 3 is 2.03 bits per heavy atom. The Hall–Kier alpha value is -3.65. The molecule has 1 atom stereocenters. The third kappa shape index (κ3) is 6.77. The molecule has 0 unspecified atom stereocenters. The van der Waals surface area contributed by atoms with E-state index in [1.165, 1.54) is 21.3 Å². The lowest BCUT2D eigenvalue weighted by atomic mass is 10.1. The number of hydrogen-bond acceptors (Lipinski definition) is 4. The van der Waals surface area contributed by atoms with E-state index in [2.05, 4.69) is 5.32 Å². The van der Waals surface area contributed by atoms with Crippen molar-refractivity contribution < 1.29 is 18.0 Å². The van der Waals surface area contributed by atoms with Crippen LogP contribution in [0.4, 0.5) is 5.69 Å². The highest BCUT2D eigenvalue weighted by molar-refractivity contribution is 7.92. The van der Waals surface area contributed by atoms with Gasteiger partial charge in [0.2, 0.25) is 11.8 Å². The second kappa shape index (κ2) is 13.1. The van der Waals surface area contributed by atoms with E-state index >= 15 is 0 Å². The summed E-state index contributed by atoms with van der Waals surface area (Å²) in [4.78, 5) is 28.5. The molecule has 196 valence electrons. The molecule has 0 aliphatic rings. The highest BCUT2D eigenvalue weighted by Crippen LogP contribution is 2.28. The number of nitrogens with one attached hydrogen (secondary N) is 1. The van der Waals surface area contributed by atoms with Crippen LogP contribution in [-0.2, 0) is 32.6 Å². The monoisotopic (exact) mass is 521 g/mol. The van der Waals surface area contributed by atoms with Gasteiger partial charge in [-0.15, -0.1) is 0 Å². The van der Waals surface area contributed by atoms with Gasteiger partial charge < -0.3 is 10.2 Å². The summed E-state index contributed by atoms with van der Waals surface area (Å²) in [5, 5.41) is 2.81. The molecule has 2 amide bonds. The first-order chi connectivity index (χ1) is 17.8. The topological polar surface area (TPSA) is 86.8 Å². The predicted molar refractivity (Wildman–Crippen MR) is 147 cm³/mol. The number of likely N-dealkylation sites (N-methyl/N-ethyl adjacent to an activating group) is 1. The third-order valence-electron chi connectivity index (χ3n) is 6.18. The van der Waals surface area contributed by atoms with E-state index in [1.54, 1.807) is 30.3 Å². The van der Waals surface area contributed by atoms with Crippen LogP contribution in [0.25, 0.3) is 0 Å². The van der Waals surface area contributed by atoms with Crippen molar-refractivity contribution in [1.29, 1.82) is 0 Å². The fourth-order valence-corrected chi connectivity index (χ4v) is 5.75. The Labute approximate surface area is 220 Å². The molecule has 0 aliphatic heterocycles. The van der Waals surface area contributed by atoms with Crippen LogP contribution >= 0.6 is 0 Å². The molecule has 0 aromatic heterocycles. The Morgan fingerprint density at radius 2 is 1.43 bits per heavy atom. The van der Waals surface area contributed by atoms with Crippen molar-refractivity contribution in [2.24, 2.45) is 0 Å². The zero-order chi connectivity index (χ0) is 26.8. The molecule has 8 heteroatoms. The number of carbonyl (C=O) groups is 2. The van der Waals surface area contributed by atoms with Gasteiger partial charge in [0.1, 0.15) is 12.6 Å². The number of rotatable bonds is 12. The number of carbonyl (C=O) groups excluding carboxylic acids is 2. The van der Waals surface area contributed by atoms with E-state index in [0.29, 0.717) is 25.1 Å². The predicted octanol–water partition coefficient (Wildman–Crippen LogP) is 4.39. The van der Waals surface area contributed by atoms with Gasteiger partial charge in [-0.05, 0) is 49.1 Å². The molecule has 0 saturated carbocycles. The van der Waals surface area contributed by atoms with E-state index in [0.717, 1.165) is 11.1 Å². The maximum Gasteiger partial charge on any atom is 0.264 e. The third-order valence-corrected chi connectivity index (χ3v) is 7.96. The molecule has 0 aliphatic carbocycles. The van der Waals surface area contributed by atoms with Crippen LogP contribution in [0.5, 0.6) is 0 Å². The van der Waals surface area contributed by atoms with Gasteiger partial charge in [-0.3, -0.25) is 13.9 Å².